The number of aromatic nitrogens is 3. The maximum atomic E-state index is 11.1. The van der Waals surface area contributed by atoms with E-state index in [1.807, 2.05) is 19.9 Å². The number of pyridine rings is 1. The summed E-state index contributed by atoms with van der Waals surface area (Å²) in [5.74, 6) is -0.0475. The number of carbonyl (C=O) groups is 1. The fourth-order valence-electron chi connectivity index (χ4n) is 1.65. The number of amides is 1. The van der Waals surface area contributed by atoms with Gasteiger partial charge in [-0.2, -0.15) is 0 Å². The van der Waals surface area contributed by atoms with Crippen LogP contribution in [0.4, 0.5) is 0 Å². The highest BCUT2D eigenvalue weighted by Gasteiger charge is 2.09. The molecule has 2 rings (SSSR count). The summed E-state index contributed by atoms with van der Waals surface area (Å²) in [4.78, 5) is 23.5. The van der Waals surface area contributed by atoms with Crippen LogP contribution in [0.15, 0.2) is 24.5 Å². The van der Waals surface area contributed by atoms with Crippen LogP contribution in [0.25, 0.3) is 11.3 Å². The van der Waals surface area contributed by atoms with E-state index < -0.39 is 5.91 Å². The van der Waals surface area contributed by atoms with Crippen LogP contribution in [0.5, 0.6) is 5.88 Å². The number of carbonyl (C=O) groups excluding carboxylic acids is 1. The van der Waals surface area contributed by atoms with E-state index in [2.05, 4.69) is 15.0 Å². The van der Waals surface area contributed by atoms with Crippen molar-refractivity contribution in [1.29, 1.82) is 0 Å². The van der Waals surface area contributed by atoms with Gasteiger partial charge >= 0.3 is 0 Å². The molecule has 98 valence electrons. The smallest absolute Gasteiger partial charge is 0.268 e. The molecule has 0 aliphatic heterocycles. The van der Waals surface area contributed by atoms with Gasteiger partial charge in [-0.25, -0.2) is 9.97 Å². The number of nitrogens with two attached hydrogens (primary N) is 1. The minimum Gasteiger partial charge on any atom is -0.478 e. The Hall–Kier alpha value is -2.50. The first-order valence-electron chi connectivity index (χ1n) is 5.84. The SMILES string of the molecule is CCOc1ccc(-c2cncc(C(N)=O)n2)c(C)n1. The number of hydrogen-bond donors (Lipinski definition) is 1. The third-order valence-corrected chi connectivity index (χ3v) is 2.52. The Morgan fingerprint density at radius 2 is 2.11 bits per heavy atom. The van der Waals surface area contributed by atoms with Crippen LogP contribution in [-0.4, -0.2) is 27.5 Å². The molecule has 0 aromatic carbocycles. The summed E-state index contributed by atoms with van der Waals surface area (Å²) < 4.78 is 5.32. The maximum absolute atomic E-state index is 11.1. The molecule has 2 aromatic heterocycles. The standard InChI is InChI=1S/C13H14N4O2/c1-3-19-12-5-4-9(8(2)16-12)10-6-15-7-11(17-10)13(14)18/h4-7H,3H2,1-2H3,(H2,14,18). The predicted molar refractivity (Wildman–Crippen MR) is 69.7 cm³/mol. The molecule has 2 heterocycles. The highest BCUT2D eigenvalue weighted by atomic mass is 16.5. The van der Waals surface area contributed by atoms with Gasteiger partial charge in [-0.3, -0.25) is 9.78 Å². The van der Waals surface area contributed by atoms with E-state index in [1.165, 1.54) is 6.20 Å². The molecule has 2 aromatic rings. The number of ether oxygens (including phenoxy) is 1. The quantitative estimate of drug-likeness (QED) is 0.893. The number of primary amides is 1. The summed E-state index contributed by atoms with van der Waals surface area (Å²) in [7, 11) is 0. The first-order chi connectivity index (χ1) is 9.11. The van der Waals surface area contributed by atoms with Gasteiger partial charge in [-0.05, 0) is 19.9 Å². The van der Waals surface area contributed by atoms with E-state index in [-0.39, 0.29) is 5.69 Å². The molecule has 0 aliphatic carbocycles. The molecule has 0 fully saturated rings. The van der Waals surface area contributed by atoms with Gasteiger partial charge in [-0.15, -0.1) is 0 Å². The third-order valence-electron chi connectivity index (χ3n) is 2.52. The molecule has 0 radical (unpaired) electrons. The van der Waals surface area contributed by atoms with Crippen molar-refractivity contribution in [2.24, 2.45) is 5.73 Å². The topological polar surface area (TPSA) is 91.0 Å². The van der Waals surface area contributed by atoms with E-state index >= 15 is 0 Å². The molecule has 1 amide bonds. The highest BCUT2D eigenvalue weighted by molar-refractivity contribution is 5.90. The molecular weight excluding hydrogens is 244 g/mol. The fourth-order valence-corrected chi connectivity index (χ4v) is 1.65. The third kappa shape index (κ3) is 2.85. The normalized spacial score (nSPS) is 10.2. The van der Waals surface area contributed by atoms with Crippen molar-refractivity contribution < 1.29 is 9.53 Å². The van der Waals surface area contributed by atoms with Crippen LogP contribution in [-0.2, 0) is 0 Å². The van der Waals surface area contributed by atoms with Crippen molar-refractivity contribution in [3.05, 3.63) is 35.9 Å². The fraction of sp³-hybridized carbons (Fsp3) is 0.231. The average Bonchev–Trinajstić information content (AvgIpc) is 2.39. The Kier molecular flexibility index (Phi) is 3.70. The molecular formula is C13H14N4O2. The number of rotatable bonds is 4. The zero-order chi connectivity index (χ0) is 13.8. The molecule has 0 spiro atoms. The van der Waals surface area contributed by atoms with Gasteiger partial charge in [0.2, 0.25) is 5.88 Å². The minimum absolute atomic E-state index is 0.130. The molecule has 0 saturated carbocycles. The van der Waals surface area contributed by atoms with Crippen LogP contribution in [0, 0.1) is 6.92 Å². The van der Waals surface area contributed by atoms with E-state index in [0.29, 0.717) is 18.2 Å². The van der Waals surface area contributed by atoms with E-state index in [1.54, 1.807) is 12.3 Å². The van der Waals surface area contributed by atoms with Gasteiger partial charge in [0.25, 0.3) is 5.91 Å². The van der Waals surface area contributed by atoms with E-state index in [0.717, 1.165) is 11.3 Å². The zero-order valence-corrected chi connectivity index (χ0v) is 10.8. The van der Waals surface area contributed by atoms with Crippen molar-refractivity contribution in [2.75, 3.05) is 6.61 Å². The second-order valence-corrected chi connectivity index (χ2v) is 3.87. The van der Waals surface area contributed by atoms with Crippen molar-refractivity contribution in [3.8, 4) is 17.1 Å². The summed E-state index contributed by atoms with van der Waals surface area (Å²) >= 11 is 0. The van der Waals surface area contributed by atoms with Gasteiger partial charge in [0.1, 0.15) is 5.69 Å². The van der Waals surface area contributed by atoms with Gasteiger partial charge in [0.05, 0.1) is 30.4 Å². The molecule has 0 bridgehead atoms. The molecule has 0 atom stereocenters. The Balaban J connectivity index is 2.41. The Labute approximate surface area is 110 Å². The largest absolute Gasteiger partial charge is 0.478 e. The summed E-state index contributed by atoms with van der Waals surface area (Å²) in [6.07, 6.45) is 2.90. The van der Waals surface area contributed by atoms with Gasteiger partial charge in [0.15, 0.2) is 0 Å². The lowest BCUT2D eigenvalue weighted by atomic mass is 10.1. The van der Waals surface area contributed by atoms with E-state index in [9.17, 15) is 4.79 Å². The summed E-state index contributed by atoms with van der Waals surface area (Å²) in [5, 5.41) is 0. The first-order valence-corrected chi connectivity index (χ1v) is 5.84. The Bertz CT molecular complexity index is 613. The minimum atomic E-state index is -0.606. The molecule has 0 unspecified atom stereocenters. The Morgan fingerprint density at radius 1 is 1.32 bits per heavy atom. The lowest BCUT2D eigenvalue weighted by molar-refractivity contribution is 0.0995. The summed E-state index contributed by atoms with van der Waals surface area (Å²) in [6.45, 7) is 4.30. The van der Waals surface area contributed by atoms with Crippen LogP contribution in [0.3, 0.4) is 0 Å². The monoisotopic (exact) mass is 258 g/mol. The molecule has 0 saturated heterocycles. The zero-order valence-electron chi connectivity index (χ0n) is 10.8. The average molecular weight is 258 g/mol. The molecule has 0 aliphatic rings. The van der Waals surface area contributed by atoms with Crippen LogP contribution < -0.4 is 10.5 Å². The van der Waals surface area contributed by atoms with Crippen molar-refractivity contribution in [3.63, 3.8) is 0 Å². The maximum Gasteiger partial charge on any atom is 0.268 e. The number of aryl methyl sites for hydroxylation is 1. The van der Waals surface area contributed by atoms with Crippen molar-refractivity contribution in [1.82, 2.24) is 15.0 Å². The lowest BCUT2D eigenvalue weighted by Gasteiger charge is -2.07. The van der Waals surface area contributed by atoms with Crippen LogP contribution in [0.1, 0.15) is 23.1 Å². The summed E-state index contributed by atoms with van der Waals surface area (Å²) in [5.41, 5.74) is 7.42. The van der Waals surface area contributed by atoms with Gasteiger partial charge in [-0.1, -0.05) is 0 Å². The highest BCUT2D eigenvalue weighted by Crippen LogP contribution is 2.22. The molecule has 2 N–H and O–H groups in total. The van der Waals surface area contributed by atoms with Crippen LogP contribution >= 0.6 is 0 Å². The number of nitrogens with zero attached hydrogens (tertiary/aromatic N) is 3. The molecule has 6 nitrogen and oxygen atoms in total. The van der Waals surface area contributed by atoms with Crippen molar-refractivity contribution in [2.45, 2.75) is 13.8 Å². The van der Waals surface area contributed by atoms with Crippen molar-refractivity contribution >= 4 is 5.91 Å². The first kappa shape index (κ1) is 12.9. The molecule has 6 heteroatoms. The second-order valence-electron chi connectivity index (χ2n) is 3.87. The van der Waals surface area contributed by atoms with Gasteiger partial charge < -0.3 is 10.5 Å². The van der Waals surface area contributed by atoms with Gasteiger partial charge in [0, 0.05) is 11.6 Å². The lowest BCUT2D eigenvalue weighted by Crippen LogP contribution is -2.13. The Morgan fingerprint density at radius 3 is 2.74 bits per heavy atom. The van der Waals surface area contributed by atoms with Crippen LogP contribution in [0.2, 0.25) is 0 Å². The van der Waals surface area contributed by atoms with E-state index in [4.69, 9.17) is 10.5 Å². The predicted octanol–water partition coefficient (Wildman–Crippen LogP) is 1.34. The number of hydrogen-bond acceptors (Lipinski definition) is 5. The molecule has 19 heavy (non-hydrogen) atoms. The summed E-state index contributed by atoms with van der Waals surface area (Å²) in [6, 6.07) is 3.59. The second kappa shape index (κ2) is 5.43.